The van der Waals surface area contributed by atoms with Crippen LogP contribution in [0.4, 0.5) is 36.4 Å². The van der Waals surface area contributed by atoms with Crippen LogP contribution in [0.1, 0.15) is 136 Å². The number of allylic oxidation sites excluding steroid dienone is 2. The average Bonchev–Trinajstić information content (AvgIpc) is 1.68. The van der Waals surface area contributed by atoms with E-state index < -0.39 is 27.1 Å². The lowest BCUT2D eigenvalue weighted by atomic mass is 9.80. The molecule has 11 aromatic heterocycles. The van der Waals surface area contributed by atoms with E-state index in [0.717, 1.165) is 236 Å². The van der Waals surface area contributed by atoms with Crippen molar-refractivity contribution in [3.05, 3.63) is 186 Å². The van der Waals surface area contributed by atoms with Gasteiger partial charge in [0, 0.05) is 237 Å². The van der Waals surface area contributed by atoms with Crippen LogP contribution in [0.3, 0.4) is 0 Å². The third kappa shape index (κ3) is 22.4. The van der Waals surface area contributed by atoms with Crippen LogP contribution in [0.5, 0.6) is 5.75 Å². The number of alkyl halides is 3. The van der Waals surface area contributed by atoms with Crippen LogP contribution in [0.25, 0.3) is 66.8 Å². The lowest BCUT2D eigenvalue weighted by Gasteiger charge is -2.32. The number of carbonyl (C=O) groups excluding carboxylic acids is 3. The van der Waals surface area contributed by atoms with Crippen LogP contribution in [0, 0.1) is 81.3 Å². The molecule has 16 heterocycles. The van der Waals surface area contributed by atoms with Gasteiger partial charge >= 0.3 is 22.7 Å². The molecule has 5 aliphatic heterocycles. The summed E-state index contributed by atoms with van der Waals surface area (Å²) in [6, 6.07) is 29.7. The van der Waals surface area contributed by atoms with E-state index in [1.54, 1.807) is 43.8 Å². The van der Waals surface area contributed by atoms with Crippen molar-refractivity contribution in [1.82, 2.24) is 79.7 Å². The Bertz CT molecular complexity index is 6700. The molecule has 11 aromatic rings. The molecule has 10 N–H and O–H groups in total. The second kappa shape index (κ2) is 41.8. The first kappa shape index (κ1) is 103. The maximum atomic E-state index is 12.6. The smallest absolute Gasteiger partial charge is 0.404 e. The Labute approximate surface area is 831 Å². The lowest BCUT2D eigenvalue weighted by molar-refractivity contribution is -0.111. The van der Waals surface area contributed by atoms with E-state index in [4.69, 9.17) is 51.8 Å². The molecule has 4 aliphatic carbocycles. The van der Waals surface area contributed by atoms with Crippen LogP contribution < -0.4 is 62.4 Å². The minimum atomic E-state index is -5.99. The molecular formula is C100H118BBrF3N27O9S. The van der Waals surface area contributed by atoms with Gasteiger partial charge in [-0.15, -0.1) is 0 Å². The number of nitriles is 3. The summed E-state index contributed by atoms with van der Waals surface area (Å²) in [4.78, 5) is 68.2. The highest BCUT2D eigenvalue weighted by atomic mass is 79.9. The number of anilines is 4. The third-order valence-electron chi connectivity index (χ3n) is 28.9. The van der Waals surface area contributed by atoms with Gasteiger partial charge in [-0.05, 0) is 244 Å². The molecule has 3 amide bonds. The van der Waals surface area contributed by atoms with Crippen LogP contribution in [0.2, 0.25) is 0 Å². The molecule has 9 fully saturated rings. The van der Waals surface area contributed by atoms with Gasteiger partial charge in [0.15, 0.2) is 5.75 Å². The zero-order valence-electron chi connectivity index (χ0n) is 81.3. The summed E-state index contributed by atoms with van der Waals surface area (Å²) in [5.41, 5.74) is 21.0. The first-order valence-electron chi connectivity index (χ1n) is 47.0. The van der Waals surface area contributed by atoms with E-state index in [2.05, 4.69) is 213 Å². The maximum Gasteiger partial charge on any atom is 0.534 e. The minimum absolute atomic E-state index is 0.00365. The number of halogens is 4. The number of hydrogen-bond donors (Lipinski definition) is 7. The third-order valence-corrected chi connectivity index (χ3v) is 30.3. The fraction of sp³-hybridized carbons (Fsp3) is 0.440. The van der Waals surface area contributed by atoms with E-state index in [-0.39, 0.29) is 63.8 Å². The number of pyridine rings is 7. The predicted molar refractivity (Wildman–Crippen MR) is 539 cm³/mol. The molecule has 20 rings (SSSR count). The van der Waals surface area contributed by atoms with E-state index >= 15 is 0 Å². The lowest BCUT2D eigenvalue weighted by Crippen LogP contribution is -2.41. The number of aliphatic hydroxyl groups excluding tert-OH is 1. The van der Waals surface area contributed by atoms with E-state index in [0.29, 0.717) is 58.5 Å². The van der Waals surface area contributed by atoms with Gasteiger partial charge in [0.25, 0.3) is 0 Å². The van der Waals surface area contributed by atoms with Crippen LogP contribution in [0.15, 0.2) is 169 Å². The van der Waals surface area contributed by atoms with Crippen molar-refractivity contribution >= 4 is 110 Å². The number of aliphatic hydroxyl groups is 1. The highest BCUT2D eigenvalue weighted by Crippen LogP contribution is 2.50. The number of nitrogens with zero attached hydrogens (tertiary/aromatic N) is 21. The van der Waals surface area contributed by atoms with Gasteiger partial charge < -0.3 is 71.3 Å². The number of carbonyl (C=O) groups is 3. The number of aromatic nitrogens is 13. The van der Waals surface area contributed by atoms with Crippen molar-refractivity contribution < 1.29 is 54.6 Å². The molecule has 0 spiro atoms. The van der Waals surface area contributed by atoms with E-state index in [9.17, 15) is 46.5 Å². The van der Waals surface area contributed by atoms with Gasteiger partial charge in [-0.2, -0.15) is 57.8 Å². The fourth-order valence-electron chi connectivity index (χ4n) is 21.7. The maximum absolute atomic E-state index is 12.6. The zero-order chi connectivity index (χ0) is 102. The van der Waals surface area contributed by atoms with Crippen molar-refractivity contribution in [2.75, 3.05) is 85.6 Å². The summed E-state index contributed by atoms with van der Waals surface area (Å²) in [7, 11) is -1.15. The zero-order valence-corrected chi connectivity index (χ0v) is 83.7. The van der Waals surface area contributed by atoms with Crippen molar-refractivity contribution in [1.29, 1.82) is 15.8 Å². The normalized spacial score (nSPS) is 24.9. The molecule has 0 radical (unpaired) electrons. The highest BCUT2D eigenvalue weighted by Gasteiger charge is 2.54. The second-order valence-electron chi connectivity index (χ2n) is 40.2. The number of nitrogens with one attached hydrogen (secondary N) is 3. The number of fused-ring (bicyclic) bond motifs is 6. The summed E-state index contributed by atoms with van der Waals surface area (Å²) in [6.07, 6.45) is 35.4. The summed E-state index contributed by atoms with van der Waals surface area (Å²) in [5.74, 6) is 8.20. The fourth-order valence-corrected chi connectivity index (χ4v) is 22.4. The highest BCUT2D eigenvalue weighted by molar-refractivity contribution is 9.10. The van der Waals surface area contributed by atoms with Crippen LogP contribution >= 0.6 is 15.9 Å². The number of rotatable bonds is 20. The number of amides is 3. The summed E-state index contributed by atoms with van der Waals surface area (Å²) in [6.45, 7) is 26.9. The van der Waals surface area contributed by atoms with E-state index in [1.807, 2.05) is 82.0 Å². The minimum Gasteiger partial charge on any atom is -0.404 e. The van der Waals surface area contributed by atoms with Gasteiger partial charge in [-0.3, -0.25) is 33.7 Å². The van der Waals surface area contributed by atoms with Gasteiger partial charge in [0.1, 0.15) is 47.2 Å². The Balaban J connectivity index is 0.000000135. The Kier molecular flexibility index (Phi) is 30.3. The number of nitrogens with two attached hydrogens (primary N) is 3. The molecule has 4 unspecified atom stereocenters. The number of aliphatic imine (C=N–C) groups is 1. The second-order valence-corrected chi connectivity index (χ2v) is 42.7. The van der Waals surface area contributed by atoms with E-state index in [1.165, 1.54) is 13.3 Å². The molecular weight excluding hydrogens is 1900 g/mol. The number of hydrogen-bond acceptors (Lipinski definition) is 29. The molecule has 36 nitrogen and oxygen atoms in total. The molecule has 5 saturated heterocycles. The van der Waals surface area contributed by atoms with Crippen LogP contribution in [-0.2, 0) is 47.9 Å². The monoisotopic (exact) mass is 2020 g/mol. The molecule has 0 aromatic carbocycles. The Hall–Kier alpha value is -13.7. The summed E-state index contributed by atoms with van der Waals surface area (Å²) >= 11 is 3.41. The molecule has 744 valence electrons. The topological polar surface area (TPSA) is 479 Å². The van der Waals surface area contributed by atoms with Crippen molar-refractivity contribution in [2.45, 2.75) is 153 Å². The Morgan fingerprint density at radius 1 is 0.563 bits per heavy atom. The van der Waals surface area contributed by atoms with Gasteiger partial charge in [0.2, 0.25) is 19.2 Å². The summed E-state index contributed by atoms with van der Waals surface area (Å²) < 4.78 is 84.7. The average molecular weight is 2020 g/mol. The Morgan fingerprint density at radius 2 is 0.993 bits per heavy atom. The number of aryl methyl sites for hydroxylation is 2. The summed E-state index contributed by atoms with van der Waals surface area (Å²) in [5, 5.41) is 62.5. The first-order valence-corrected chi connectivity index (χ1v) is 49.2. The molecule has 4 saturated carbocycles. The molecule has 42 heteroatoms. The van der Waals surface area contributed by atoms with Crippen molar-refractivity contribution in [2.24, 2.45) is 83.6 Å². The first-order chi connectivity index (χ1) is 67.6. The molecule has 9 aliphatic rings. The van der Waals surface area contributed by atoms with Gasteiger partial charge in [-0.25, -0.2) is 29.0 Å². The quantitative estimate of drug-likeness (QED) is 0.00930. The SMILES string of the molecule is CC1(NC=O)C[C@H]2CN(c3ccc(B4OC(C)(C)C(C)(C)O4)cn3)C[C@H]2C1.CC1(NC=O)C[C@H]2CN(c3ccc(Br)cn3)C[C@H]2C1.CCO.CN=CC(=CN)c1cnc(C(C#N)=CN)c(OS(=O)(=O)C(F)(F)F)c1.Cn1cc(-c2cc(-c3ccc(N4C[C@@H]5CC(C)(NC=O)C[C@@H]5C4)nc3)c3c(C#N)cnn3c2)cn1.Cn1ccc(-c2cc(-c3ccc(N4C[C@@H]5CC(C)(N)C[C@@H]5C4)nc3)c3c(C#N)cnn3c2)n1. The molecule has 142 heavy (non-hydrogen) atoms. The van der Waals surface area contributed by atoms with Crippen molar-refractivity contribution in [3.8, 4) is 68.6 Å². The molecule has 12 atom stereocenters. The van der Waals surface area contributed by atoms with Gasteiger partial charge in [0.05, 0.1) is 63.2 Å². The van der Waals surface area contributed by atoms with Crippen molar-refractivity contribution in [3.63, 3.8) is 0 Å². The predicted octanol–water partition coefficient (Wildman–Crippen LogP) is 11.3. The molecule has 0 bridgehead atoms. The van der Waals surface area contributed by atoms with Gasteiger partial charge in [-0.1, -0.05) is 6.07 Å². The Morgan fingerprint density at radius 3 is 1.35 bits per heavy atom. The van der Waals surface area contributed by atoms with Crippen LogP contribution in [-0.4, -0.2) is 215 Å². The largest absolute Gasteiger partial charge is 0.534 e. The standard InChI is InChI=1S/C26H26N8O.C25H26N8.C20H30BN3O3.C14H18BrN3O.C13H12F3N5O3S.C2H6O/c1-26(29-16-35)6-19-13-33(14-20(19)7-26)24-4-3-17(9-28-24)23-5-18(22-11-30-32(2)12-22)15-34-25(23)21(8-27)10-31-34;1-25(27)8-18-13-32(14-19(18)9-25)23-4-3-16(11-28-23)21-7-17(22-5-6-31(2)30-22)15-33-24(21)20(10-26)12-29-33;1-18(2)19(3,4)27-21(26-18)16-6-7-17(22-10-16)24-11-14-8-20(5,23-13-25)9-15(14)12-24;1-14(17-9-19)4-10-7-18(8-11(10)5-14)13-3-2-12(15)6-16-13;1-20-6-10(5-19)8-2-11(24-25(22,23)13(14,15)16)12(21-7-8)9(3-17)4-18;1-2-3/h3-5,9-12,15-16,19-20H,6-7,13-14H2,1-2H3,(H,29,35);3-7,11-12,15,18-19H,8-9,13-14,27H2,1-2H3;6-7,10,13-15H,8-9,11-12H2,1-5H3,(H,23,25);2-3,6,9-11H,4-5,7-8H2,1H3,(H,17,19);2-3,5-7H,17,19H2,1H3;3H,2H2,1H3/t19-,20+,26?;18-,19+,25?;14-,15+,20?;10-,11+,14?;;.